The Kier molecular flexibility index (Phi) is 5.28. The quantitative estimate of drug-likeness (QED) is 0.799. The Morgan fingerprint density at radius 2 is 1.89 bits per heavy atom. The summed E-state index contributed by atoms with van der Waals surface area (Å²) in [5, 5.41) is 0. The van der Waals surface area contributed by atoms with Crippen molar-refractivity contribution >= 4 is 10.0 Å². The van der Waals surface area contributed by atoms with Crippen molar-refractivity contribution in [3.05, 3.63) is 30.1 Å². The normalized spacial score (nSPS) is 13.8. The van der Waals surface area contributed by atoms with Gasteiger partial charge in [0.05, 0.1) is 0 Å². The number of sulfonamides is 1. The van der Waals surface area contributed by atoms with Gasteiger partial charge in [0.2, 0.25) is 10.0 Å². The van der Waals surface area contributed by atoms with Gasteiger partial charge >= 0.3 is 0 Å². The van der Waals surface area contributed by atoms with Crippen molar-refractivity contribution in [1.29, 1.82) is 0 Å². The molecule has 3 nitrogen and oxygen atoms in total. The van der Waals surface area contributed by atoms with Crippen molar-refractivity contribution in [3.63, 3.8) is 0 Å². The van der Waals surface area contributed by atoms with Crippen molar-refractivity contribution < 1.29 is 12.8 Å². The van der Waals surface area contributed by atoms with Crippen LogP contribution in [0.2, 0.25) is 0 Å². The predicted octanol–water partition coefficient (Wildman–Crippen LogP) is 2.88. The van der Waals surface area contributed by atoms with Gasteiger partial charge in [0.15, 0.2) is 0 Å². The summed E-state index contributed by atoms with van der Waals surface area (Å²) in [7, 11) is -3.73. The fraction of sp³-hybridized carbons (Fsp3) is 0.538. The lowest BCUT2D eigenvalue weighted by molar-refractivity contribution is 0.360. The molecule has 0 aliphatic heterocycles. The van der Waals surface area contributed by atoms with Crippen LogP contribution in [0.4, 0.5) is 4.39 Å². The monoisotopic (exact) mass is 273 g/mol. The van der Waals surface area contributed by atoms with Crippen LogP contribution in [0.15, 0.2) is 29.2 Å². The van der Waals surface area contributed by atoms with E-state index in [0.29, 0.717) is 13.1 Å². The first-order valence-corrected chi connectivity index (χ1v) is 7.62. The molecule has 102 valence electrons. The molecule has 0 aliphatic rings. The molecule has 0 heterocycles. The number of rotatable bonds is 6. The van der Waals surface area contributed by atoms with Gasteiger partial charge in [0.1, 0.15) is 10.7 Å². The second kappa shape index (κ2) is 6.29. The standard InChI is InChI=1S/C13H20FNO2S/c1-4-11(3)10-15(5-2)18(16,17)13-9-7-6-8-12(13)14/h6-9,11H,4-5,10H2,1-3H3. The first-order chi connectivity index (χ1) is 8.43. The Morgan fingerprint density at radius 3 is 2.39 bits per heavy atom. The van der Waals surface area contributed by atoms with E-state index in [4.69, 9.17) is 0 Å². The molecule has 0 aliphatic carbocycles. The number of benzene rings is 1. The number of hydrogen-bond donors (Lipinski definition) is 0. The average molecular weight is 273 g/mol. The van der Waals surface area contributed by atoms with Crippen LogP contribution in [-0.2, 0) is 10.0 Å². The highest BCUT2D eigenvalue weighted by Crippen LogP contribution is 2.20. The maximum Gasteiger partial charge on any atom is 0.245 e. The average Bonchev–Trinajstić information content (AvgIpc) is 2.35. The van der Waals surface area contributed by atoms with E-state index in [-0.39, 0.29) is 10.8 Å². The molecule has 1 aromatic carbocycles. The van der Waals surface area contributed by atoms with Crippen molar-refractivity contribution in [2.24, 2.45) is 5.92 Å². The molecule has 1 rings (SSSR count). The third kappa shape index (κ3) is 3.29. The zero-order chi connectivity index (χ0) is 13.8. The Morgan fingerprint density at radius 1 is 1.28 bits per heavy atom. The molecule has 18 heavy (non-hydrogen) atoms. The smallest absolute Gasteiger partial charge is 0.207 e. The first kappa shape index (κ1) is 15.1. The van der Waals surface area contributed by atoms with Gasteiger partial charge in [0, 0.05) is 13.1 Å². The van der Waals surface area contributed by atoms with Crippen LogP contribution in [0.1, 0.15) is 27.2 Å². The van der Waals surface area contributed by atoms with Gasteiger partial charge < -0.3 is 0 Å². The van der Waals surface area contributed by atoms with Crippen molar-refractivity contribution in [2.45, 2.75) is 32.1 Å². The summed E-state index contributed by atoms with van der Waals surface area (Å²) in [4.78, 5) is -0.241. The molecule has 0 spiro atoms. The van der Waals surface area contributed by atoms with Gasteiger partial charge in [-0.1, -0.05) is 39.3 Å². The van der Waals surface area contributed by atoms with Crippen LogP contribution in [0, 0.1) is 11.7 Å². The van der Waals surface area contributed by atoms with E-state index in [1.165, 1.54) is 28.6 Å². The molecule has 0 saturated heterocycles. The van der Waals surface area contributed by atoms with E-state index in [1.807, 2.05) is 13.8 Å². The number of hydrogen-bond acceptors (Lipinski definition) is 2. The van der Waals surface area contributed by atoms with Gasteiger partial charge in [-0.05, 0) is 18.1 Å². The Labute approximate surface area is 109 Å². The minimum Gasteiger partial charge on any atom is -0.207 e. The highest BCUT2D eigenvalue weighted by molar-refractivity contribution is 7.89. The summed E-state index contributed by atoms with van der Waals surface area (Å²) in [6.45, 7) is 6.53. The fourth-order valence-corrected chi connectivity index (χ4v) is 3.30. The summed E-state index contributed by atoms with van der Waals surface area (Å²) in [5.74, 6) is -0.438. The van der Waals surface area contributed by atoms with Crippen molar-refractivity contribution in [1.82, 2.24) is 4.31 Å². The minimum absolute atomic E-state index is 0.241. The van der Waals surface area contributed by atoms with E-state index in [9.17, 15) is 12.8 Å². The van der Waals surface area contributed by atoms with Crippen molar-refractivity contribution in [3.8, 4) is 0 Å². The molecule has 1 aromatic rings. The molecule has 1 atom stereocenters. The van der Waals surface area contributed by atoms with Crippen LogP contribution < -0.4 is 0 Å². The molecular formula is C13H20FNO2S. The summed E-state index contributed by atoms with van der Waals surface area (Å²) >= 11 is 0. The number of halogens is 1. The third-order valence-electron chi connectivity index (χ3n) is 3.02. The molecule has 0 amide bonds. The molecular weight excluding hydrogens is 253 g/mol. The van der Waals surface area contributed by atoms with Crippen LogP contribution in [0.3, 0.4) is 0 Å². The predicted molar refractivity (Wildman–Crippen MR) is 70.3 cm³/mol. The topological polar surface area (TPSA) is 37.4 Å². The maximum atomic E-state index is 13.6. The largest absolute Gasteiger partial charge is 0.245 e. The third-order valence-corrected chi connectivity index (χ3v) is 4.99. The Hall–Kier alpha value is -0.940. The lowest BCUT2D eigenvalue weighted by Crippen LogP contribution is -2.35. The van der Waals surface area contributed by atoms with Gasteiger partial charge in [-0.25, -0.2) is 12.8 Å². The summed E-state index contributed by atoms with van der Waals surface area (Å²) in [6.07, 6.45) is 0.892. The van der Waals surface area contributed by atoms with Gasteiger partial charge in [-0.3, -0.25) is 0 Å². The van der Waals surface area contributed by atoms with Crippen LogP contribution in [0.5, 0.6) is 0 Å². The molecule has 0 N–H and O–H groups in total. The van der Waals surface area contributed by atoms with E-state index in [2.05, 4.69) is 0 Å². The van der Waals surface area contributed by atoms with E-state index in [1.54, 1.807) is 6.92 Å². The first-order valence-electron chi connectivity index (χ1n) is 6.18. The Balaban J connectivity index is 3.08. The fourth-order valence-electron chi connectivity index (χ4n) is 1.67. The van der Waals surface area contributed by atoms with E-state index < -0.39 is 15.8 Å². The summed E-state index contributed by atoms with van der Waals surface area (Å²) in [5.41, 5.74) is 0. The Bertz CT molecular complexity index is 488. The SMILES string of the molecule is CCC(C)CN(CC)S(=O)(=O)c1ccccc1F. The highest BCUT2D eigenvalue weighted by atomic mass is 32.2. The van der Waals surface area contributed by atoms with E-state index >= 15 is 0 Å². The van der Waals surface area contributed by atoms with Gasteiger partial charge in [-0.15, -0.1) is 0 Å². The maximum absolute atomic E-state index is 13.6. The minimum atomic E-state index is -3.73. The molecule has 0 bridgehead atoms. The van der Waals surface area contributed by atoms with Gasteiger partial charge in [0.25, 0.3) is 0 Å². The molecule has 0 fully saturated rings. The van der Waals surface area contributed by atoms with Crippen LogP contribution in [0.25, 0.3) is 0 Å². The summed E-state index contributed by atoms with van der Waals surface area (Å²) in [6, 6.07) is 5.50. The second-order valence-electron chi connectivity index (χ2n) is 4.40. The highest BCUT2D eigenvalue weighted by Gasteiger charge is 2.26. The number of nitrogens with zero attached hydrogens (tertiary/aromatic N) is 1. The summed E-state index contributed by atoms with van der Waals surface area (Å²) < 4.78 is 39.6. The molecule has 5 heteroatoms. The lowest BCUT2D eigenvalue weighted by atomic mass is 10.1. The molecule has 0 radical (unpaired) electrons. The molecule has 0 saturated carbocycles. The zero-order valence-electron chi connectivity index (χ0n) is 11.1. The van der Waals surface area contributed by atoms with Crippen LogP contribution >= 0.6 is 0 Å². The zero-order valence-corrected chi connectivity index (χ0v) is 11.9. The van der Waals surface area contributed by atoms with E-state index in [0.717, 1.165) is 6.42 Å². The molecule has 0 aromatic heterocycles. The second-order valence-corrected chi connectivity index (χ2v) is 6.31. The van der Waals surface area contributed by atoms with Gasteiger partial charge in [-0.2, -0.15) is 4.31 Å². The van der Waals surface area contributed by atoms with Crippen molar-refractivity contribution in [2.75, 3.05) is 13.1 Å². The van der Waals surface area contributed by atoms with Crippen LogP contribution in [-0.4, -0.2) is 25.8 Å². The molecule has 1 unspecified atom stereocenters. The lowest BCUT2D eigenvalue weighted by Gasteiger charge is -2.23.